The molecule has 5 nitrogen and oxygen atoms in total. The molecule has 0 aliphatic heterocycles. The van der Waals surface area contributed by atoms with E-state index in [9.17, 15) is 9.59 Å². The summed E-state index contributed by atoms with van der Waals surface area (Å²) in [4.78, 5) is 26.2. The van der Waals surface area contributed by atoms with Crippen molar-refractivity contribution in [2.24, 2.45) is 5.41 Å². The van der Waals surface area contributed by atoms with E-state index in [-0.39, 0.29) is 23.0 Å². The van der Waals surface area contributed by atoms with Gasteiger partial charge in [-0.25, -0.2) is 0 Å². The topological polar surface area (TPSA) is 61.8 Å². The highest BCUT2D eigenvalue weighted by atomic mass is 28.4. The monoisotopic (exact) mass is 496 g/mol. The average molecular weight is 497 g/mol. The SMILES string of the molecule is C=CC#CCC(/C=C(/C=C/c1ccccc1)O[Si](C(C)C)(C(C)C)C(C)C)(C(=O)OC)C(=O)OC. The molecule has 190 valence electrons. The van der Waals surface area contributed by atoms with E-state index >= 15 is 0 Å². The van der Waals surface area contributed by atoms with Gasteiger partial charge in [0.05, 0.1) is 14.2 Å². The molecule has 0 aliphatic carbocycles. The molecular weight excluding hydrogens is 456 g/mol. The van der Waals surface area contributed by atoms with Gasteiger partial charge >= 0.3 is 11.9 Å². The van der Waals surface area contributed by atoms with Gasteiger partial charge in [-0.3, -0.25) is 9.59 Å². The molecule has 0 N–H and O–H groups in total. The second-order valence-corrected chi connectivity index (χ2v) is 14.7. The van der Waals surface area contributed by atoms with Crippen molar-refractivity contribution < 1.29 is 23.5 Å². The van der Waals surface area contributed by atoms with Crippen LogP contribution in [0.5, 0.6) is 0 Å². The molecule has 0 heterocycles. The number of hydrogen-bond acceptors (Lipinski definition) is 5. The molecule has 0 spiro atoms. The van der Waals surface area contributed by atoms with Crippen LogP contribution in [0.4, 0.5) is 0 Å². The summed E-state index contributed by atoms with van der Waals surface area (Å²) in [7, 11) is 0.0485. The third-order valence-corrected chi connectivity index (χ3v) is 12.3. The van der Waals surface area contributed by atoms with E-state index in [2.05, 4.69) is 60.0 Å². The van der Waals surface area contributed by atoms with Gasteiger partial charge in [0.25, 0.3) is 8.32 Å². The molecule has 1 aromatic carbocycles. The molecular formula is C29H40O5Si. The molecule has 0 bridgehead atoms. The lowest BCUT2D eigenvalue weighted by atomic mass is 9.83. The molecule has 1 aromatic rings. The summed E-state index contributed by atoms with van der Waals surface area (Å²) in [6.07, 6.45) is 6.51. The lowest BCUT2D eigenvalue weighted by Gasteiger charge is -2.43. The van der Waals surface area contributed by atoms with Crippen molar-refractivity contribution in [2.75, 3.05) is 14.2 Å². The maximum Gasteiger partial charge on any atom is 0.328 e. The molecule has 0 aliphatic rings. The van der Waals surface area contributed by atoms with Crippen LogP contribution in [0.1, 0.15) is 53.5 Å². The van der Waals surface area contributed by atoms with Crippen LogP contribution in [0, 0.1) is 17.3 Å². The molecule has 0 radical (unpaired) electrons. The minimum absolute atomic E-state index is 0.135. The van der Waals surface area contributed by atoms with Crippen molar-refractivity contribution in [1.29, 1.82) is 0 Å². The van der Waals surface area contributed by atoms with Gasteiger partial charge in [-0.1, -0.05) is 96.4 Å². The van der Waals surface area contributed by atoms with Crippen molar-refractivity contribution in [2.45, 2.75) is 64.6 Å². The number of rotatable bonds is 11. The van der Waals surface area contributed by atoms with Gasteiger partial charge in [-0.2, -0.15) is 0 Å². The van der Waals surface area contributed by atoms with Crippen LogP contribution < -0.4 is 0 Å². The van der Waals surface area contributed by atoms with E-state index < -0.39 is 25.7 Å². The summed E-state index contributed by atoms with van der Waals surface area (Å²) in [6, 6.07) is 9.76. The standard InChI is InChI=1S/C29H40O5Si/c1-10-11-15-20-29(27(30)32-8,28(31)33-9)21-26(19-18-25-16-13-12-14-17-25)34-35(22(2)3,23(4)5)24(6)7/h10,12-14,16-19,21-24H,1,20H2,2-9H3/b19-18+,26-21-. The minimum Gasteiger partial charge on any atom is -0.543 e. The molecule has 0 fully saturated rings. The Hall–Kier alpha value is -3.04. The molecule has 35 heavy (non-hydrogen) atoms. The summed E-state index contributed by atoms with van der Waals surface area (Å²) in [6.45, 7) is 16.6. The fraction of sp³-hybridized carbons (Fsp3) is 0.448. The average Bonchev–Trinajstić information content (AvgIpc) is 2.83. The van der Waals surface area contributed by atoms with Gasteiger partial charge < -0.3 is 13.9 Å². The first-order chi connectivity index (χ1) is 16.5. The number of esters is 2. The highest BCUT2D eigenvalue weighted by Gasteiger charge is 2.50. The molecule has 0 unspecified atom stereocenters. The maximum absolute atomic E-state index is 13.1. The first kappa shape index (κ1) is 30.0. The van der Waals surface area contributed by atoms with Crippen LogP contribution in [-0.2, 0) is 23.5 Å². The summed E-state index contributed by atoms with van der Waals surface area (Å²) >= 11 is 0. The Morgan fingerprint density at radius 1 is 0.971 bits per heavy atom. The van der Waals surface area contributed by atoms with Crippen molar-refractivity contribution >= 4 is 26.3 Å². The van der Waals surface area contributed by atoms with Gasteiger partial charge in [0.2, 0.25) is 0 Å². The summed E-state index contributed by atoms with van der Waals surface area (Å²) < 4.78 is 17.0. The summed E-state index contributed by atoms with van der Waals surface area (Å²) in [5.74, 6) is 4.45. The number of methoxy groups -OCH3 is 2. The maximum atomic E-state index is 13.1. The van der Waals surface area contributed by atoms with Gasteiger partial charge in [0, 0.05) is 6.42 Å². The van der Waals surface area contributed by atoms with E-state index in [1.165, 1.54) is 26.4 Å². The van der Waals surface area contributed by atoms with E-state index in [1.54, 1.807) is 0 Å². The third-order valence-electron chi connectivity index (χ3n) is 6.30. The first-order valence-electron chi connectivity index (χ1n) is 11.9. The van der Waals surface area contributed by atoms with Gasteiger partial charge in [0.15, 0.2) is 5.41 Å². The smallest absolute Gasteiger partial charge is 0.328 e. The lowest BCUT2D eigenvalue weighted by Crippen LogP contribution is -2.48. The van der Waals surface area contributed by atoms with Crippen molar-refractivity contribution in [3.05, 3.63) is 66.5 Å². The van der Waals surface area contributed by atoms with E-state index in [0.717, 1.165) is 5.56 Å². The zero-order valence-electron chi connectivity index (χ0n) is 22.4. The Morgan fingerprint density at radius 3 is 1.91 bits per heavy atom. The van der Waals surface area contributed by atoms with Gasteiger partial charge in [0.1, 0.15) is 5.76 Å². The van der Waals surface area contributed by atoms with Crippen LogP contribution in [0.2, 0.25) is 16.6 Å². The van der Waals surface area contributed by atoms with E-state index in [4.69, 9.17) is 13.9 Å². The number of allylic oxidation sites excluding steroid dienone is 2. The highest BCUT2D eigenvalue weighted by Crippen LogP contribution is 2.44. The zero-order valence-corrected chi connectivity index (χ0v) is 23.4. The zero-order chi connectivity index (χ0) is 26.6. The second kappa shape index (κ2) is 13.7. The van der Waals surface area contributed by atoms with E-state index in [0.29, 0.717) is 5.76 Å². The Bertz CT molecular complexity index is 940. The van der Waals surface area contributed by atoms with Crippen LogP contribution in [0.15, 0.2) is 60.9 Å². The Kier molecular flexibility index (Phi) is 11.8. The van der Waals surface area contributed by atoms with Crippen LogP contribution in [-0.4, -0.2) is 34.5 Å². The summed E-state index contributed by atoms with van der Waals surface area (Å²) in [5.41, 5.74) is 0.00817. The minimum atomic E-state index is -2.43. The number of ether oxygens (including phenoxy) is 2. The normalized spacial score (nSPS) is 12.5. The number of benzene rings is 1. The molecule has 0 aromatic heterocycles. The van der Waals surface area contributed by atoms with Gasteiger partial charge in [-0.15, -0.1) is 0 Å². The fourth-order valence-electron chi connectivity index (χ4n) is 4.68. The van der Waals surface area contributed by atoms with Crippen LogP contribution in [0.3, 0.4) is 0 Å². The van der Waals surface area contributed by atoms with Gasteiger partial charge in [-0.05, 0) is 40.4 Å². The first-order valence-corrected chi connectivity index (χ1v) is 14.1. The molecule has 0 saturated carbocycles. The molecule has 1 rings (SSSR count). The Labute approximate surface area is 212 Å². The predicted octanol–water partition coefficient (Wildman–Crippen LogP) is 6.69. The lowest BCUT2D eigenvalue weighted by molar-refractivity contribution is -0.164. The second-order valence-electron chi connectivity index (χ2n) is 9.37. The Balaban J connectivity index is 3.90. The van der Waals surface area contributed by atoms with Crippen molar-refractivity contribution in [3.8, 4) is 11.8 Å². The van der Waals surface area contributed by atoms with Crippen molar-refractivity contribution in [1.82, 2.24) is 0 Å². The van der Waals surface area contributed by atoms with Crippen molar-refractivity contribution in [3.63, 3.8) is 0 Å². The fourth-order valence-corrected chi connectivity index (χ4v) is 9.92. The third kappa shape index (κ3) is 7.22. The molecule has 0 amide bonds. The Morgan fingerprint density at radius 2 is 1.49 bits per heavy atom. The quantitative estimate of drug-likeness (QED) is 0.0853. The predicted molar refractivity (Wildman–Crippen MR) is 145 cm³/mol. The van der Waals surface area contributed by atoms with E-state index in [1.807, 2.05) is 42.5 Å². The highest BCUT2D eigenvalue weighted by molar-refractivity contribution is 6.77. The number of carbonyl (C=O) groups excluding carboxylic acids is 2. The largest absolute Gasteiger partial charge is 0.543 e. The number of hydrogen-bond donors (Lipinski definition) is 0. The summed E-state index contributed by atoms with van der Waals surface area (Å²) in [5, 5.41) is 0. The van der Waals surface area contributed by atoms with Crippen LogP contribution >= 0.6 is 0 Å². The number of carbonyl (C=O) groups is 2. The molecule has 0 saturated heterocycles. The van der Waals surface area contributed by atoms with Crippen LogP contribution in [0.25, 0.3) is 6.08 Å². The molecule has 6 heteroatoms. The molecule has 0 atom stereocenters.